The van der Waals surface area contributed by atoms with E-state index >= 15 is 0 Å². The monoisotopic (exact) mass is 296 g/mol. The molecule has 0 heterocycles. The Labute approximate surface area is 129 Å². The number of rotatable bonds is 10. The summed E-state index contributed by atoms with van der Waals surface area (Å²) in [5, 5.41) is 2.87. The molecule has 1 atom stereocenters. The van der Waals surface area contributed by atoms with E-state index in [0.29, 0.717) is 6.42 Å². The molecule has 1 fully saturated rings. The van der Waals surface area contributed by atoms with Gasteiger partial charge in [0, 0.05) is 5.92 Å². The molecule has 122 valence electrons. The van der Waals surface area contributed by atoms with Gasteiger partial charge in [-0.1, -0.05) is 64.7 Å². The van der Waals surface area contributed by atoms with Crippen molar-refractivity contribution >= 4 is 11.8 Å². The maximum absolute atomic E-state index is 12.2. The van der Waals surface area contributed by atoms with Gasteiger partial charge in [0.2, 0.25) is 11.8 Å². The second-order valence-electron chi connectivity index (χ2n) is 6.35. The van der Waals surface area contributed by atoms with Gasteiger partial charge in [0.15, 0.2) is 0 Å². The number of carbonyl (C=O) groups is 2. The van der Waals surface area contributed by atoms with Crippen molar-refractivity contribution in [2.24, 2.45) is 11.7 Å². The highest BCUT2D eigenvalue weighted by molar-refractivity contribution is 5.87. The number of nitrogens with one attached hydrogen (secondary N) is 1. The van der Waals surface area contributed by atoms with Crippen LogP contribution in [-0.2, 0) is 9.59 Å². The maximum atomic E-state index is 12.2. The van der Waals surface area contributed by atoms with E-state index in [9.17, 15) is 9.59 Å². The minimum Gasteiger partial charge on any atom is -0.368 e. The molecular weight excluding hydrogens is 264 g/mol. The highest BCUT2D eigenvalue weighted by Gasteiger charge is 2.25. The molecule has 0 bridgehead atoms. The van der Waals surface area contributed by atoms with Crippen LogP contribution in [0.5, 0.6) is 0 Å². The van der Waals surface area contributed by atoms with E-state index in [1.165, 1.54) is 32.1 Å². The number of primary amides is 1. The highest BCUT2D eigenvalue weighted by Crippen LogP contribution is 2.23. The van der Waals surface area contributed by atoms with E-state index in [4.69, 9.17) is 5.73 Å². The first-order valence-corrected chi connectivity index (χ1v) is 8.74. The van der Waals surface area contributed by atoms with Gasteiger partial charge >= 0.3 is 0 Å². The molecule has 1 rings (SSSR count). The molecule has 0 radical (unpaired) electrons. The third-order valence-corrected chi connectivity index (χ3v) is 4.48. The average Bonchev–Trinajstić information content (AvgIpc) is 2.50. The second-order valence-corrected chi connectivity index (χ2v) is 6.35. The Bertz CT molecular complexity index is 312. The summed E-state index contributed by atoms with van der Waals surface area (Å²) in [5.74, 6) is -0.276. The zero-order valence-corrected chi connectivity index (χ0v) is 13.5. The fourth-order valence-electron chi connectivity index (χ4n) is 3.07. The third-order valence-electron chi connectivity index (χ3n) is 4.48. The van der Waals surface area contributed by atoms with Crippen LogP contribution in [-0.4, -0.2) is 17.9 Å². The molecule has 1 aliphatic carbocycles. The molecule has 1 aliphatic rings. The van der Waals surface area contributed by atoms with Gasteiger partial charge in [-0.05, 0) is 19.3 Å². The molecule has 4 nitrogen and oxygen atoms in total. The molecule has 0 spiro atoms. The van der Waals surface area contributed by atoms with Crippen molar-refractivity contribution < 1.29 is 9.59 Å². The SMILES string of the molecule is CCCCCCCC[C@@H](NC(=O)C1CCCCC1)C(N)=O. The Morgan fingerprint density at radius 3 is 2.29 bits per heavy atom. The fourth-order valence-corrected chi connectivity index (χ4v) is 3.07. The van der Waals surface area contributed by atoms with Crippen LogP contribution < -0.4 is 11.1 Å². The number of unbranched alkanes of at least 4 members (excludes halogenated alkanes) is 5. The summed E-state index contributed by atoms with van der Waals surface area (Å²) >= 11 is 0. The molecule has 0 aromatic heterocycles. The topological polar surface area (TPSA) is 72.2 Å². The van der Waals surface area contributed by atoms with Gasteiger partial charge in [0.05, 0.1) is 0 Å². The number of hydrogen-bond acceptors (Lipinski definition) is 2. The Morgan fingerprint density at radius 1 is 1.05 bits per heavy atom. The maximum Gasteiger partial charge on any atom is 0.239 e. The van der Waals surface area contributed by atoms with Crippen molar-refractivity contribution in [2.45, 2.75) is 90.0 Å². The summed E-state index contributed by atoms with van der Waals surface area (Å²) in [7, 11) is 0. The summed E-state index contributed by atoms with van der Waals surface area (Å²) < 4.78 is 0. The van der Waals surface area contributed by atoms with Crippen molar-refractivity contribution in [2.75, 3.05) is 0 Å². The van der Waals surface area contributed by atoms with Gasteiger partial charge in [-0.25, -0.2) is 0 Å². The van der Waals surface area contributed by atoms with E-state index in [0.717, 1.165) is 38.5 Å². The number of carbonyl (C=O) groups excluding carboxylic acids is 2. The number of amides is 2. The van der Waals surface area contributed by atoms with Crippen molar-refractivity contribution in [1.29, 1.82) is 0 Å². The average molecular weight is 296 g/mol. The van der Waals surface area contributed by atoms with Crippen LogP contribution in [0.3, 0.4) is 0 Å². The van der Waals surface area contributed by atoms with Crippen molar-refractivity contribution in [1.82, 2.24) is 5.32 Å². The summed E-state index contributed by atoms with van der Waals surface area (Å²) in [4.78, 5) is 23.7. The van der Waals surface area contributed by atoms with Crippen LogP contribution in [0, 0.1) is 5.92 Å². The lowest BCUT2D eigenvalue weighted by Crippen LogP contribution is -2.46. The summed E-state index contributed by atoms with van der Waals surface area (Å²) in [5.41, 5.74) is 5.42. The molecule has 0 saturated heterocycles. The van der Waals surface area contributed by atoms with E-state index < -0.39 is 11.9 Å². The van der Waals surface area contributed by atoms with Gasteiger partial charge in [0.1, 0.15) is 6.04 Å². The Kier molecular flexibility index (Phi) is 9.11. The fraction of sp³-hybridized carbons (Fsp3) is 0.882. The molecule has 3 N–H and O–H groups in total. The minimum absolute atomic E-state index is 0.0319. The van der Waals surface area contributed by atoms with Gasteiger partial charge in [-0.2, -0.15) is 0 Å². The molecule has 2 amide bonds. The van der Waals surface area contributed by atoms with Gasteiger partial charge in [0.25, 0.3) is 0 Å². The highest BCUT2D eigenvalue weighted by atomic mass is 16.2. The van der Waals surface area contributed by atoms with Crippen molar-refractivity contribution in [3.63, 3.8) is 0 Å². The predicted octanol–water partition coefficient (Wildman–Crippen LogP) is 3.29. The lowest BCUT2D eigenvalue weighted by molar-refractivity contribution is -0.130. The van der Waals surface area contributed by atoms with Crippen LogP contribution in [0.25, 0.3) is 0 Å². The normalized spacial score (nSPS) is 17.4. The van der Waals surface area contributed by atoms with Crippen LogP contribution in [0.4, 0.5) is 0 Å². The van der Waals surface area contributed by atoms with E-state index in [1.54, 1.807) is 0 Å². The van der Waals surface area contributed by atoms with Crippen molar-refractivity contribution in [3.05, 3.63) is 0 Å². The summed E-state index contributed by atoms with van der Waals surface area (Å²) in [6.07, 6.45) is 13.1. The molecule has 4 heteroatoms. The molecule has 0 aromatic rings. The lowest BCUT2D eigenvalue weighted by atomic mass is 9.88. The number of hydrogen-bond donors (Lipinski definition) is 2. The largest absolute Gasteiger partial charge is 0.368 e. The van der Waals surface area contributed by atoms with Crippen LogP contribution >= 0.6 is 0 Å². The van der Waals surface area contributed by atoms with E-state index in [-0.39, 0.29) is 11.8 Å². The van der Waals surface area contributed by atoms with Gasteiger partial charge in [-0.15, -0.1) is 0 Å². The smallest absolute Gasteiger partial charge is 0.239 e. The number of nitrogens with two attached hydrogens (primary N) is 1. The van der Waals surface area contributed by atoms with Gasteiger partial charge < -0.3 is 11.1 Å². The molecule has 0 unspecified atom stereocenters. The third kappa shape index (κ3) is 7.49. The van der Waals surface area contributed by atoms with Crippen molar-refractivity contribution in [3.8, 4) is 0 Å². The van der Waals surface area contributed by atoms with Gasteiger partial charge in [-0.3, -0.25) is 9.59 Å². The molecule has 0 aliphatic heterocycles. The second kappa shape index (κ2) is 10.6. The van der Waals surface area contributed by atoms with E-state index in [1.807, 2.05) is 0 Å². The first-order valence-electron chi connectivity index (χ1n) is 8.74. The van der Waals surface area contributed by atoms with Crippen LogP contribution in [0.1, 0.15) is 84.0 Å². The first-order chi connectivity index (χ1) is 10.1. The molecule has 1 saturated carbocycles. The Morgan fingerprint density at radius 2 is 1.67 bits per heavy atom. The summed E-state index contributed by atoms with van der Waals surface area (Å²) in [6, 6.07) is -0.481. The first kappa shape index (κ1) is 18.0. The molecule has 0 aromatic carbocycles. The van der Waals surface area contributed by atoms with Crippen LogP contribution in [0.2, 0.25) is 0 Å². The Hall–Kier alpha value is -1.06. The predicted molar refractivity (Wildman–Crippen MR) is 85.7 cm³/mol. The zero-order chi connectivity index (χ0) is 15.5. The van der Waals surface area contributed by atoms with E-state index in [2.05, 4.69) is 12.2 Å². The standard InChI is InChI=1S/C17H32N2O2/c1-2-3-4-5-6-10-13-15(16(18)20)19-17(21)14-11-8-7-9-12-14/h14-15H,2-13H2,1H3,(H2,18,20)(H,19,21)/t15-/m1/s1. The molecule has 21 heavy (non-hydrogen) atoms. The lowest BCUT2D eigenvalue weighted by Gasteiger charge is -2.23. The summed E-state index contributed by atoms with van der Waals surface area (Å²) in [6.45, 7) is 2.20. The quantitative estimate of drug-likeness (QED) is 0.607. The van der Waals surface area contributed by atoms with Crippen LogP contribution in [0.15, 0.2) is 0 Å². The zero-order valence-electron chi connectivity index (χ0n) is 13.5. The Balaban J connectivity index is 2.25. The minimum atomic E-state index is -0.481. The molecular formula is C17H32N2O2.